The molecule has 0 unspecified atom stereocenters. The van der Waals surface area contributed by atoms with Crippen molar-refractivity contribution in [2.45, 2.75) is 44.9 Å². The molecule has 6 rings (SSSR count). The van der Waals surface area contributed by atoms with Gasteiger partial charge in [0.05, 0.1) is 17.2 Å². The lowest BCUT2D eigenvalue weighted by Gasteiger charge is -2.56. The third-order valence-corrected chi connectivity index (χ3v) is 9.19. The Bertz CT molecular complexity index is 993. The summed E-state index contributed by atoms with van der Waals surface area (Å²) in [5, 5.41) is -0.255. The summed E-state index contributed by atoms with van der Waals surface area (Å²) in [5.41, 5.74) is -0.795. The van der Waals surface area contributed by atoms with Crippen LogP contribution in [0.15, 0.2) is 6.07 Å². The molecule has 0 aromatic heterocycles. The van der Waals surface area contributed by atoms with E-state index in [9.17, 15) is 22.0 Å². The van der Waals surface area contributed by atoms with Gasteiger partial charge in [0, 0.05) is 18.5 Å². The lowest BCUT2D eigenvalue weighted by molar-refractivity contribution is -0.0750. The maximum atomic E-state index is 14.8. The van der Waals surface area contributed by atoms with Crippen molar-refractivity contribution in [2.75, 3.05) is 19.7 Å². The van der Waals surface area contributed by atoms with Gasteiger partial charge in [-0.2, -0.15) is 17.1 Å². The average Bonchev–Trinajstić information content (AvgIpc) is 2.61. The lowest BCUT2D eigenvalue weighted by Crippen LogP contribution is -2.50. The van der Waals surface area contributed by atoms with E-state index in [0.29, 0.717) is 24.2 Å². The van der Waals surface area contributed by atoms with E-state index < -0.39 is 39.1 Å². The zero-order chi connectivity index (χ0) is 22.0. The molecule has 1 saturated heterocycles. The molecule has 0 radical (unpaired) electrons. The van der Waals surface area contributed by atoms with Crippen LogP contribution in [0.3, 0.4) is 0 Å². The van der Waals surface area contributed by atoms with Gasteiger partial charge in [0.1, 0.15) is 0 Å². The Kier molecular flexibility index (Phi) is 5.22. The van der Waals surface area contributed by atoms with E-state index in [1.54, 1.807) is 4.72 Å². The van der Waals surface area contributed by atoms with Crippen LogP contribution in [0, 0.1) is 34.8 Å². The SMILES string of the molecule is O=C(NS(=O)(=O)N1CCC1)c1cc(Cl)c(OCC23CC4CC(CC(C4)C2)C3)c(F)c1F. The fourth-order valence-corrected chi connectivity index (χ4v) is 7.79. The highest BCUT2D eigenvalue weighted by molar-refractivity contribution is 7.87. The smallest absolute Gasteiger partial charge is 0.304 e. The van der Waals surface area contributed by atoms with Crippen LogP contribution >= 0.6 is 11.6 Å². The molecule has 1 aromatic carbocycles. The topological polar surface area (TPSA) is 75.7 Å². The van der Waals surface area contributed by atoms with Crippen LogP contribution in [0.5, 0.6) is 5.75 Å². The minimum absolute atomic E-state index is 0.0255. The number of carbonyl (C=O) groups is 1. The molecular formula is C21H25ClF2N2O4S. The molecule has 10 heteroatoms. The number of rotatable bonds is 6. The van der Waals surface area contributed by atoms with Crippen LogP contribution in [0.1, 0.15) is 55.3 Å². The fraction of sp³-hybridized carbons (Fsp3) is 0.667. The summed E-state index contributed by atoms with van der Waals surface area (Å²) in [7, 11) is -4.09. The monoisotopic (exact) mass is 474 g/mol. The third-order valence-electron chi connectivity index (χ3n) is 7.43. The molecule has 1 heterocycles. The van der Waals surface area contributed by atoms with Gasteiger partial charge in [0.25, 0.3) is 5.91 Å². The molecule has 31 heavy (non-hydrogen) atoms. The largest absolute Gasteiger partial charge is 0.488 e. The number of halogens is 3. The second kappa shape index (κ2) is 7.56. The standard InChI is InChI=1S/C21H25ClF2N2O4S/c22-16-7-15(20(27)25-31(28,29)26-2-1-3-26)17(23)18(24)19(16)30-11-21-8-12-4-13(9-21)6-14(5-12)10-21/h7,12-14H,1-6,8-11H2,(H,25,27). The zero-order valence-corrected chi connectivity index (χ0v) is 18.6. The number of hydrogen-bond donors (Lipinski definition) is 1. The number of ether oxygens (including phenoxy) is 1. The summed E-state index contributed by atoms with van der Waals surface area (Å²) in [6.07, 6.45) is 7.56. The summed E-state index contributed by atoms with van der Waals surface area (Å²) in [6, 6.07) is 0.927. The molecule has 6 nitrogen and oxygen atoms in total. The Labute approximate surface area is 185 Å². The van der Waals surface area contributed by atoms with Gasteiger partial charge < -0.3 is 4.74 Å². The van der Waals surface area contributed by atoms with Crippen LogP contribution in [0.25, 0.3) is 0 Å². The van der Waals surface area contributed by atoms with Crippen molar-refractivity contribution in [2.24, 2.45) is 23.2 Å². The second-order valence-electron chi connectivity index (χ2n) is 9.76. The maximum absolute atomic E-state index is 14.8. The molecule has 4 bridgehead atoms. The third kappa shape index (κ3) is 3.82. The molecule has 0 spiro atoms. The van der Waals surface area contributed by atoms with E-state index >= 15 is 0 Å². The number of amides is 1. The van der Waals surface area contributed by atoms with Crippen LogP contribution in [0.2, 0.25) is 5.02 Å². The van der Waals surface area contributed by atoms with E-state index in [1.165, 1.54) is 19.3 Å². The Hall–Kier alpha value is -1.45. The molecule has 1 N–H and O–H groups in total. The first-order valence-electron chi connectivity index (χ1n) is 10.8. The highest BCUT2D eigenvalue weighted by Gasteiger charge is 2.51. The van der Waals surface area contributed by atoms with E-state index in [1.807, 2.05) is 0 Å². The van der Waals surface area contributed by atoms with Crippen molar-refractivity contribution < 1.29 is 26.7 Å². The van der Waals surface area contributed by atoms with E-state index in [0.717, 1.165) is 29.6 Å². The van der Waals surface area contributed by atoms with E-state index in [2.05, 4.69) is 0 Å². The minimum atomic E-state index is -4.09. The van der Waals surface area contributed by atoms with E-state index in [4.69, 9.17) is 16.3 Å². The zero-order valence-electron chi connectivity index (χ0n) is 17.0. The average molecular weight is 475 g/mol. The summed E-state index contributed by atoms with van der Waals surface area (Å²) < 4.78 is 62.1. The first kappa shape index (κ1) is 21.4. The summed E-state index contributed by atoms with van der Waals surface area (Å²) in [6.45, 7) is 0.816. The van der Waals surface area contributed by atoms with Crippen molar-refractivity contribution in [1.82, 2.24) is 9.03 Å². The Morgan fingerprint density at radius 2 is 1.71 bits per heavy atom. The first-order valence-corrected chi connectivity index (χ1v) is 12.6. The number of nitrogens with one attached hydrogen (secondary N) is 1. The van der Waals surface area contributed by atoms with Crippen LogP contribution in [-0.2, 0) is 10.2 Å². The first-order chi connectivity index (χ1) is 14.7. The van der Waals surface area contributed by atoms with Gasteiger partial charge in [-0.05, 0) is 68.8 Å². The summed E-state index contributed by atoms with van der Waals surface area (Å²) in [5.74, 6) is -2.47. The highest BCUT2D eigenvalue weighted by Crippen LogP contribution is 2.60. The Morgan fingerprint density at radius 1 is 1.13 bits per heavy atom. The van der Waals surface area contributed by atoms with Gasteiger partial charge in [0.15, 0.2) is 11.6 Å². The quantitative estimate of drug-likeness (QED) is 0.634. The minimum Gasteiger partial charge on any atom is -0.488 e. The molecule has 170 valence electrons. The number of hydrogen-bond acceptors (Lipinski definition) is 4. The second-order valence-corrected chi connectivity index (χ2v) is 11.8. The Morgan fingerprint density at radius 3 is 2.23 bits per heavy atom. The van der Waals surface area contributed by atoms with Gasteiger partial charge in [-0.1, -0.05) is 11.6 Å². The van der Waals surface area contributed by atoms with Crippen LogP contribution < -0.4 is 9.46 Å². The van der Waals surface area contributed by atoms with Gasteiger partial charge in [-0.25, -0.2) is 9.11 Å². The summed E-state index contributed by atoms with van der Waals surface area (Å²) >= 11 is 6.14. The van der Waals surface area contributed by atoms with Gasteiger partial charge in [-0.15, -0.1) is 0 Å². The molecule has 4 aliphatic carbocycles. The normalized spacial score (nSPS) is 32.0. The van der Waals surface area contributed by atoms with Crippen molar-refractivity contribution in [3.05, 3.63) is 28.3 Å². The summed E-state index contributed by atoms with van der Waals surface area (Å²) in [4.78, 5) is 12.3. The highest BCUT2D eigenvalue weighted by atomic mass is 35.5. The molecule has 4 saturated carbocycles. The molecule has 1 aliphatic heterocycles. The van der Waals surface area contributed by atoms with Crippen molar-refractivity contribution in [1.29, 1.82) is 0 Å². The van der Waals surface area contributed by atoms with Crippen molar-refractivity contribution in [3.63, 3.8) is 0 Å². The lowest BCUT2D eigenvalue weighted by atomic mass is 9.50. The van der Waals surface area contributed by atoms with Gasteiger partial charge >= 0.3 is 10.2 Å². The predicted molar refractivity (Wildman–Crippen MR) is 110 cm³/mol. The maximum Gasteiger partial charge on any atom is 0.304 e. The molecule has 5 fully saturated rings. The van der Waals surface area contributed by atoms with E-state index in [-0.39, 0.29) is 30.1 Å². The van der Waals surface area contributed by atoms with Crippen LogP contribution in [0.4, 0.5) is 8.78 Å². The van der Waals surface area contributed by atoms with Gasteiger partial charge in [0.2, 0.25) is 5.82 Å². The number of nitrogens with zero attached hydrogens (tertiary/aromatic N) is 1. The Balaban J connectivity index is 1.33. The number of benzene rings is 1. The van der Waals surface area contributed by atoms with Crippen LogP contribution in [-0.4, -0.2) is 38.3 Å². The molecular weight excluding hydrogens is 450 g/mol. The predicted octanol–water partition coefficient (Wildman–Crippen LogP) is 3.89. The fourth-order valence-electron chi connectivity index (χ4n) is 6.33. The van der Waals surface area contributed by atoms with Crippen molar-refractivity contribution >= 4 is 27.7 Å². The molecule has 1 amide bonds. The van der Waals surface area contributed by atoms with Crippen molar-refractivity contribution in [3.8, 4) is 5.75 Å². The van der Waals surface area contributed by atoms with Gasteiger partial charge in [-0.3, -0.25) is 4.79 Å². The number of carbonyl (C=O) groups excluding carboxylic acids is 1. The molecule has 5 aliphatic rings. The molecule has 0 atom stereocenters. The molecule has 1 aromatic rings.